The zero-order chi connectivity index (χ0) is 20.1. The highest BCUT2D eigenvalue weighted by atomic mass is 32.1. The van der Waals surface area contributed by atoms with Crippen molar-refractivity contribution in [3.8, 4) is 0 Å². The molecule has 0 radical (unpaired) electrons. The molecule has 0 spiro atoms. The van der Waals surface area contributed by atoms with Gasteiger partial charge in [-0.1, -0.05) is 6.07 Å². The molecule has 4 nitrogen and oxygen atoms in total. The number of thiazole rings is 1. The van der Waals surface area contributed by atoms with Crippen molar-refractivity contribution in [3.05, 3.63) is 23.2 Å². The molecule has 0 atom stereocenters. The van der Waals surface area contributed by atoms with E-state index in [9.17, 15) is 8.78 Å². The average Bonchev–Trinajstić information content (AvgIpc) is 3.12. The molecule has 2 fully saturated rings. The molecule has 152 valence electrons. The van der Waals surface area contributed by atoms with Gasteiger partial charge in [0.05, 0.1) is 33.0 Å². The number of benzene rings is 1. The van der Waals surface area contributed by atoms with Crippen molar-refractivity contribution in [2.45, 2.75) is 64.1 Å². The van der Waals surface area contributed by atoms with Crippen molar-refractivity contribution in [1.29, 1.82) is 0 Å². The Morgan fingerprint density at radius 1 is 1.18 bits per heavy atom. The Morgan fingerprint density at radius 3 is 2.43 bits per heavy atom. The first-order valence-electron chi connectivity index (χ1n) is 9.91. The quantitative estimate of drug-likeness (QED) is 0.716. The van der Waals surface area contributed by atoms with Gasteiger partial charge in [-0.25, -0.2) is 13.8 Å². The van der Waals surface area contributed by atoms with Crippen LogP contribution in [0, 0.1) is 0 Å². The van der Waals surface area contributed by atoms with Crippen molar-refractivity contribution in [2.24, 2.45) is 0 Å². The van der Waals surface area contributed by atoms with Crippen molar-refractivity contribution < 1.29 is 18.1 Å². The molecule has 1 aromatic heterocycles. The van der Waals surface area contributed by atoms with Crippen LogP contribution in [0.2, 0.25) is 0 Å². The van der Waals surface area contributed by atoms with E-state index in [1.165, 1.54) is 0 Å². The number of nitrogens with zero attached hydrogens (tertiary/aromatic N) is 2. The molecule has 1 aromatic carbocycles. The highest BCUT2D eigenvalue weighted by Crippen LogP contribution is 2.37. The van der Waals surface area contributed by atoms with Crippen LogP contribution < -0.4 is 5.46 Å². The summed E-state index contributed by atoms with van der Waals surface area (Å²) >= 11 is 1.71. The van der Waals surface area contributed by atoms with Gasteiger partial charge in [-0.2, -0.15) is 0 Å². The van der Waals surface area contributed by atoms with Crippen molar-refractivity contribution in [2.75, 3.05) is 19.6 Å². The predicted molar refractivity (Wildman–Crippen MR) is 110 cm³/mol. The molecule has 2 aromatic rings. The maximum absolute atomic E-state index is 12.6. The molecule has 28 heavy (non-hydrogen) atoms. The van der Waals surface area contributed by atoms with Crippen LogP contribution in [0.1, 0.15) is 51.5 Å². The lowest BCUT2D eigenvalue weighted by molar-refractivity contribution is 0.00578. The molecular formula is C20H27BF2N2O2S. The number of likely N-dealkylation sites (tertiary alicyclic amines) is 1. The van der Waals surface area contributed by atoms with E-state index < -0.39 is 13.5 Å². The zero-order valence-corrected chi connectivity index (χ0v) is 17.7. The van der Waals surface area contributed by atoms with Crippen LogP contribution in [0.5, 0.6) is 0 Å². The monoisotopic (exact) mass is 408 g/mol. The minimum atomic E-state index is -2.26. The Morgan fingerprint density at radius 2 is 1.82 bits per heavy atom. The van der Waals surface area contributed by atoms with Crippen LogP contribution in [0.4, 0.5) is 8.78 Å². The minimum absolute atomic E-state index is 0.121. The van der Waals surface area contributed by atoms with Gasteiger partial charge in [0.2, 0.25) is 0 Å². The summed E-state index contributed by atoms with van der Waals surface area (Å²) < 4.78 is 38.6. The fourth-order valence-corrected chi connectivity index (χ4v) is 4.94. The molecule has 4 rings (SSSR count). The van der Waals surface area contributed by atoms with Crippen LogP contribution in [-0.2, 0) is 9.31 Å². The largest absolute Gasteiger partial charge is 0.494 e. The molecule has 0 N–H and O–H groups in total. The van der Waals surface area contributed by atoms with Gasteiger partial charge in [-0.15, -0.1) is 11.3 Å². The van der Waals surface area contributed by atoms with Crippen LogP contribution >= 0.6 is 11.3 Å². The summed E-state index contributed by atoms with van der Waals surface area (Å²) in [6.45, 7) is 9.50. The Labute approximate surface area is 169 Å². The molecule has 2 aliphatic rings. The number of aromatic nitrogens is 1. The van der Waals surface area contributed by atoms with Crippen molar-refractivity contribution in [1.82, 2.24) is 9.88 Å². The second-order valence-electron chi connectivity index (χ2n) is 8.83. The van der Waals surface area contributed by atoms with E-state index in [0.717, 1.165) is 33.5 Å². The highest BCUT2D eigenvalue weighted by Gasteiger charge is 2.51. The van der Waals surface area contributed by atoms with E-state index in [1.807, 2.05) is 32.6 Å². The molecule has 0 bridgehead atoms. The molecule has 2 saturated heterocycles. The van der Waals surface area contributed by atoms with Gasteiger partial charge in [-0.3, -0.25) is 4.90 Å². The third-order valence-corrected chi connectivity index (χ3v) is 7.49. The van der Waals surface area contributed by atoms with E-state index in [4.69, 9.17) is 14.3 Å². The zero-order valence-electron chi connectivity index (χ0n) is 16.9. The van der Waals surface area contributed by atoms with Crippen LogP contribution in [0.25, 0.3) is 10.2 Å². The van der Waals surface area contributed by atoms with Crippen LogP contribution in [0.3, 0.4) is 0 Å². The van der Waals surface area contributed by atoms with E-state index in [-0.39, 0.29) is 17.7 Å². The maximum Gasteiger partial charge on any atom is 0.494 e. The van der Waals surface area contributed by atoms with Gasteiger partial charge in [0.15, 0.2) is 0 Å². The van der Waals surface area contributed by atoms with Gasteiger partial charge in [0, 0.05) is 5.92 Å². The Kier molecular flexibility index (Phi) is 5.27. The smallest absolute Gasteiger partial charge is 0.399 e. The molecule has 0 unspecified atom stereocenters. The van der Waals surface area contributed by atoms with E-state index in [1.54, 1.807) is 11.3 Å². The lowest BCUT2D eigenvalue weighted by Gasteiger charge is -2.32. The fourth-order valence-electron chi connectivity index (χ4n) is 3.82. The third-order valence-electron chi connectivity index (χ3n) is 6.29. The number of fused-ring (bicyclic) bond motifs is 1. The van der Waals surface area contributed by atoms with Gasteiger partial charge >= 0.3 is 7.12 Å². The minimum Gasteiger partial charge on any atom is -0.399 e. The normalized spacial score (nSPS) is 23.2. The lowest BCUT2D eigenvalue weighted by Crippen LogP contribution is -2.41. The first kappa shape index (κ1) is 20.2. The summed E-state index contributed by atoms with van der Waals surface area (Å²) in [7, 11) is -0.392. The van der Waals surface area contributed by atoms with Gasteiger partial charge in [0.1, 0.15) is 0 Å². The van der Waals surface area contributed by atoms with E-state index >= 15 is 0 Å². The van der Waals surface area contributed by atoms with Gasteiger partial charge in [0.25, 0.3) is 6.43 Å². The Bertz CT molecular complexity index is 834. The number of hydrogen-bond donors (Lipinski definition) is 0. The topological polar surface area (TPSA) is 34.6 Å². The molecule has 2 aliphatic heterocycles. The summed E-state index contributed by atoms with van der Waals surface area (Å²) in [6, 6.07) is 6.20. The van der Waals surface area contributed by atoms with E-state index in [2.05, 4.69) is 18.2 Å². The standard InChI is InChI=1S/C20H27BF2N2O2S/c1-19(2)20(3,4)27-21(26-19)14-5-6-16-15(11-14)24-18(28-16)13-7-9-25(10-8-13)12-17(22)23/h5-6,11,13,17H,7-10,12H2,1-4H3. The summed E-state index contributed by atoms with van der Waals surface area (Å²) in [5.74, 6) is 0.353. The molecular weight excluding hydrogens is 381 g/mol. The van der Waals surface area contributed by atoms with Crippen LogP contribution in [0.15, 0.2) is 18.2 Å². The summed E-state index contributed by atoms with van der Waals surface area (Å²) in [5.41, 5.74) is 1.20. The summed E-state index contributed by atoms with van der Waals surface area (Å²) in [5, 5.41) is 1.11. The second kappa shape index (κ2) is 7.31. The number of hydrogen-bond acceptors (Lipinski definition) is 5. The molecule has 8 heteroatoms. The van der Waals surface area contributed by atoms with Crippen molar-refractivity contribution in [3.63, 3.8) is 0 Å². The first-order chi connectivity index (χ1) is 13.1. The lowest BCUT2D eigenvalue weighted by atomic mass is 9.79. The number of piperidine rings is 1. The molecule has 3 heterocycles. The fraction of sp³-hybridized carbons (Fsp3) is 0.650. The number of halogens is 2. The first-order valence-corrected chi connectivity index (χ1v) is 10.7. The summed E-state index contributed by atoms with van der Waals surface area (Å²) in [4.78, 5) is 6.72. The maximum atomic E-state index is 12.6. The Hall–Kier alpha value is -1.09. The second-order valence-corrected chi connectivity index (χ2v) is 9.90. The SMILES string of the molecule is CC1(C)OB(c2ccc3sc(C4CCN(CC(F)F)CC4)nc3c2)OC1(C)C. The van der Waals surface area contributed by atoms with Crippen LogP contribution in [-0.4, -0.2) is 54.3 Å². The van der Waals surface area contributed by atoms with E-state index in [0.29, 0.717) is 19.0 Å². The number of alkyl halides is 2. The third kappa shape index (κ3) is 3.84. The molecule has 0 saturated carbocycles. The predicted octanol–water partition coefficient (Wildman–Crippen LogP) is 4.04. The highest BCUT2D eigenvalue weighted by molar-refractivity contribution is 7.18. The van der Waals surface area contributed by atoms with Crippen molar-refractivity contribution >= 4 is 34.1 Å². The molecule has 0 amide bonds. The number of rotatable bonds is 4. The average molecular weight is 408 g/mol. The van der Waals surface area contributed by atoms with Gasteiger partial charge in [-0.05, 0) is 71.2 Å². The molecule has 0 aliphatic carbocycles. The Balaban J connectivity index is 1.49. The summed E-state index contributed by atoms with van der Waals surface area (Å²) in [6.07, 6.45) is -0.486. The van der Waals surface area contributed by atoms with Gasteiger partial charge < -0.3 is 9.31 Å².